The number of hydrogen-bond acceptors (Lipinski definition) is 4. The van der Waals surface area contributed by atoms with Crippen LogP contribution in [-0.4, -0.2) is 40.1 Å². The van der Waals surface area contributed by atoms with Gasteiger partial charge in [-0.1, -0.05) is 0 Å². The van der Waals surface area contributed by atoms with Crippen LogP contribution in [0.3, 0.4) is 0 Å². The fraction of sp³-hybridized carbons (Fsp3) is 0.562. The molecule has 2 aliphatic heterocycles. The van der Waals surface area contributed by atoms with E-state index in [0.29, 0.717) is 26.1 Å². The first-order valence-electron chi connectivity index (χ1n) is 8.00. The fourth-order valence-corrected chi connectivity index (χ4v) is 4.24. The molecular formula is C16H22N2O4S. The molecule has 1 N–H and O–H groups in total. The zero-order valence-electron chi connectivity index (χ0n) is 13.2. The minimum Gasteiger partial charge on any atom is -0.377 e. The van der Waals surface area contributed by atoms with Gasteiger partial charge in [-0.2, -0.15) is 0 Å². The molecule has 1 aromatic rings. The highest BCUT2D eigenvalue weighted by Crippen LogP contribution is 2.30. The van der Waals surface area contributed by atoms with E-state index >= 15 is 0 Å². The van der Waals surface area contributed by atoms with Gasteiger partial charge in [-0.25, -0.2) is 13.1 Å². The summed E-state index contributed by atoms with van der Waals surface area (Å²) in [4.78, 5) is 13.5. The maximum absolute atomic E-state index is 12.4. The fourth-order valence-electron chi connectivity index (χ4n) is 3.13. The highest BCUT2D eigenvalue weighted by molar-refractivity contribution is 7.89. The number of ether oxygens (including phenoxy) is 1. The number of hydrogen-bond donors (Lipinski definition) is 1. The average Bonchev–Trinajstić information content (AvgIpc) is 2.97. The molecule has 1 aromatic carbocycles. The molecule has 3 rings (SSSR count). The number of nitrogens with one attached hydrogen (secondary N) is 1. The quantitative estimate of drug-likeness (QED) is 0.901. The first-order chi connectivity index (χ1) is 11.0. The normalized spacial score (nSPS) is 21.3. The minimum absolute atomic E-state index is 0.0214. The van der Waals surface area contributed by atoms with Crippen LogP contribution < -0.4 is 9.62 Å². The van der Waals surface area contributed by atoms with Crippen LogP contribution in [0.15, 0.2) is 23.1 Å². The monoisotopic (exact) mass is 338 g/mol. The SMILES string of the molecule is CC(=O)N1CCc2cc(S(=O)(=O)NC[C@@H]3CCCCO3)ccc21. The zero-order valence-corrected chi connectivity index (χ0v) is 14.1. The highest BCUT2D eigenvalue weighted by atomic mass is 32.2. The second-order valence-corrected chi connectivity index (χ2v) is 7.82. The van der Waals surface area contributed by atoms with E-state index in [4.69, 9.17) is 4.74 Å². The minimum atomic E-state index is -3.55. The third-order valence-corrected chi connectivity index (χ3v) is 5.83. The Hall–Kier alpha value is -1.44. The molecule has 0 aliphatic carbocycles. The van der Waals surface area contributed by atoms with Gasteiger partial charge in [-0.05, 0) is 49.4 Å². The predicted octanol–water partition coefficient (Wildman–Crippen LogP) is 1.44. The van der Waals surface area contributed by atoms with Crippen LogP contribution in [0.25, 0.3) is 0 Å². The van der Waals surface area contributed by atoms with Crippen molar-refractivity contribution in [1.29, 1.82) is 0 Å². The van der Waals surface area contributed by atoms with Gasteiger partial charge in [0.25, 0.3) is 0 Å². The van der Waals surface area contributed by atoms with Gasteiger partial charge in [-0.3, -0.25) is 4.79 Å². The molecule has 0 bridgehead atoms. The summed E-state index contributed by atoms with van der Waals surface area (Å²) in [6, 6.07) is 4.95. The maximum atomic E-state index is 12.4. The predicted molar refractivity (Wildman–Crippen MR) is 87.0 cm³/mol. The Balaban J connectivity index is 1.72. The second kappa shape index (κ2) is 6.59. The van der Waals surface area contributed by atoms with Gasteiger partial charge in [-0.15, -0.1) is 0 Å². The van der Waals surface area contributed by atoms with E-state index in [-0.39, 0.29) is 16.9 Å². The molecule has 2 heterocycles. The smallest absolute Gasteiger partial charge is 0.240 e. The van der Waals surface area contributed by atoms with Crippen LogP contribution >= 0.6 is 0 Å². The molecule has 0 unspecified atom stereocenters. The summed E-state index contributed by atoms with van der Waals surface area (Å²) in [6.45, 7) is 3.13. The average molecular weight is 338 g/mol. The topological polar surface area (TPSA) is 75.7 Å². The first-order valence-corrected chi connectivity index (χ1v) is 9.48. The van der Waals surface area contributed by atoms with Gasteiger partial charge in [0.15, 0.2) is 0 Å². The van der Waals surface area contributed by atoms with Crippen LogP contribution in [0.5, 0.6) is 0 Å². The summed E-state index contributed by atoms with van der Waals surface area (Å²) in [6.07, 6.45) is 3.65. The number of anilines is 1. The van der Waals surface area contributed by atoms with Crippen molar-refractivity contribution >= 4 is 21.6 Å². The molecule has 1 atom stereocenters. The number of nitrogens with zero attached hydrogens (tertiary/aromatic N) is 1. The molecule has 0 aromatic heterocycles. The molecule has 6 nitrogen and oxygen atoms in total. The molecule has 0 saturated carbocycles. The number of benzene rings is 1. The highest BCUT2D eigenvalue weighted by Gasteiger charge is 2.25. The lowest BCUT2D eigenvalue weighted by Crippen LogP contribution is -2.35. The number of sulfonamides is 1. The summed E-state index contributed by atoms with van der Waals surface area (Å²) in [5, 5.41) is 0. The molecule has 7 heteroatoms. The standard InChI is InChI=1S/C16H22N2O4S/c1-12(19)18-8-7-13-10-15(5-6-16(13)18)23(20,21)17-11-14-4-2-3-9-22-14/h5-6,10,14,17H,2-4,7-9,11H2,1H3/t14-/m0/s1. The van der Waals surface area contributed by atoms with Crippen LogP contribution in [0.2, 0.25) is 0 Å². The Kier molecular flexibility index (Phi) is 4.70. The lowest BCUT2D eigenvalue weighted by atomic mass is 10.1. The molecule has 1 saturated heterocycles. The molecule has 1 amide bonds. The maximum Gasteiger partial charge on any atom is 0.240 e. The van der Waals surface area contributed by atoms with E-state index in [9.17, 15) is 13.2 Å². The van der Waals surface area contributed by atoms with Crippen molar-refractivity contribution in [3.8, 4) is 0 Å². The molecule has 2 aliphatic rings. The Morgan fingerprint density at radius 1 is 1.39 bits per heavy atom. The van der Waals surface area contributed by atoms with E-state index in [1.54, 1.807) is 23.1 Å². The van der Waals surface area contributed by atoms with Crippen LogP contribution in [0.4, 0.5) is 5.69 Å². The molecular weight excluding hydrogens is 316 g/mol. The molecule has 23 heavy (non-hydrogen) atoms. The number of carbonyl (C=O) groups is 1. The van der Waals surface area contributed by atoms with Gasteiger partial charge < -0.3 is 9.64 Å². The summed E-state index contributed by atoms with van der Waals surface area (Å²) in [5.74, 6) is -0.0214. The summed E-state index contributed by atoms with van der Waals surface area (Å²) in [5.41, 5.74) is 1.71. The number of carbonyl (C=O) groups excluding carboxylic acids is 1. The van der Waals surface area contributed by atoms with Crippen LogP contribution in [-0.2, 0) is 26.0 Å². The third-order valence-electron chi connectivity index (χ3n) is 4.41. The van der Waals surface area contributed by atoms with Gasteiger partial charge in [0.2, 0.25) is 15.9 Å². The Labute approximate surface area is 136 Å². The zero-order chi connectivity index (χ0) is 16.4. The Morgan fingerprint density at radius 2 is 2.22 bits per heavy atom. The molecule has 0 spiro atoms. The van der Waals surface area contributed by atoms with Gasteiger partial charge in [0, 0.05) is 32.3 Å². The second-order valence-electron chi connectivity index (χ2n) is 6.05. The van der Waals surface area contributed by atoms with Crippen LogP contribution in [0, 0.1) is 0 Å². The van der Waals surface area contributed by atoms with Gasteiger partial charge in [0.05, 0.1) is 11.0 Å². The van der Waals surface area contributed by atoms with Gasteiger partial charge in [0.1, 0.15) is 0 Å². The van der Waals surface area contributed by atoms with E-state index in [1.165, 1.54) is 6.92 Å². The van der Waals surface area contributed by atoms with Gasteiger partial charge >= 0.3 is 0 Å². The molecule has 0 radical (unpaired) electrons. The lowest BCUT2D eigenvalue weighted by molar-refractivity contribution is -0.116. The van der Waals surface area contributed by atoms with E-state index in [0.717, 1.165) is 30.5 Å². The molecule has 126 valence electrons. The molecule has 1 fully saturated rings. The third kappa shape index (κ3) is 3.57. The number of amides is 1. The summed E-state index contributed by atoms with van der Waals surface area (Å²) in [7, 11) is -3.55. The van der Waals surface area contributed by atoms with Crippen molar-refractivity contribution in [2.45, 2.75) is 43.6 Å². The Bertz CT molecular complexity index is 696. The van der Waals surface area contributed by atoms with E-state index < -0.39 is 10.0 Å². The van der Waals surface area contributed by atoms with Crippen molar-refractivity contribution in [2.24, 2.45) is 0 Å². The van der Waals surface area contributed by atoms with Crippen molar-refractivity contribution in [3.63, 3.8) is 0 Å². The van der Waals surface area contributed by atoms with E-state index in [2.05, 4.69) is 4.72 Å². The van der Waals surface area contributed by atoms with Crippen molar-refractivity contribution in [1.82, 2.24) is 4.72 Å². The van der Waals surface area contributed by atoms with E-state index in [1.807, 2.05) is 0 Å². The van der Waals surface area contributed by atoms with Crippen LogP contribution in [0.1, 0.15) is 31.7 Å². The first kappa shape index (κ1) is 16.4. The summed E-state index contributed by atoms with van der Waals surface area (Å²) < 4.78 is 33.1. The lowest BCUT2D eigenvalue weighted by Gasteiger charge is -2.22. The van der Waals surface area contributed by atoms with Crippen molar-refractivity contribution in [3.05, 3.63) is 23.8 Å². The van der Waals surface area contributed by atoms with Crippen molar-refractivity contribution < 1.29 is 17.9 Å². The summed E-state index contributed by atoms with van der Waals surface area (Å²) >= 11 is 0. The number of rotatable bonds is 4. The Morgan fingerprint density at radius 3 is 2.91 bits per heavy atom. The largest absolute Gasteiger partial charge is 0.377 e. The van der Waals surface area contributed by atoms with Crippen molar-refractivity contribution in [2.75, 3.05) is 24.6 Å². The number of fused-ring (bicyclic) bond motifs is 1.